The van der Waals surface area contributed by atoms with E-state index in [4.69, 9.17) is 4.74 Å². The number of benzene rings is 1. The molecule has 2 atom stereocenters. The number of hydrogen-bond donors (Lipinski definition) is 1. The maximum absolute atomic E-state index is 5.94. The van der Waals surface area contributed by atoms with Crippen LogP contribution in [0, 0.1) is 0 Å². The van der Waals surface area contributed by atoms with Crippen LogP contribution in [0.25, 0.3) is 0 Å². The molecule has 0 saturated heterocycles. The molecule has 1 aromatic carbocycles. The van der Waals surface area contributed by atoms with Crippen LogP contribution in [0.4, 0.5) is 0 Å². The molecule has 0 amide bonds. The Kier molecular flexibility index (Phi) is 6.69. The summed E-state index contributed by atoms with van der Waals surface area (Å²) in [5.41, 5.74) is 2.41. The van der Waals surface area contributed by atoms with Gasteiger partial charge in [-0.05, 0) is 32.4 Å². The lowest BCUT2D eigenvalue weighted by Gasteiger charge is -2.28. The van der Waals surface area contributed by atoms with E-state index in [0.29, 0.717) is 0 Å². The van der Waals surface area contributed by atoms with Crippen molar-refractivity contribution < 1.29 is 4.74 Å². The topological polar surface area (TPSA) is 21.3 Å². The van der Waals surface area contributed by atoms with Crippen LogP contribution in [0.15, 0.2) is 42.5 Å². The maximum Gasteiger partial charge on any atom is 0.0980 e. The smallest absolute Gasteiger partial charge is 0.0980 e. The summed E-state index contributed by atoms with van der Waals surface area (Å²) >= 11 is 0. The summed E-state index contributed by atoms with van der Waals surface area (Å²) in [6.45, 7) is 11.9. The normalized spacial score (nSPS) is 14.2. The summed E-state index contributed by atoms with van der Waals surface area (Å²) in [6, 6.07) is 10.7. The molecule has 100 valence electrons. The first-order chi connectivity index (χ1) is 8.69. The Hall–Kier alpha value is -1.12. The summed E-state index contributed by atoms with van der Waals surface area (Å²) in [4.78, 5) is 0. The summed E-state index contributed by atoms with van der Waals surface area (Å²) in [6.07, 6.45) is 1.03. The molecule has 1 N–H and O–H groups in total. The highest BCUT2D eigenvalue weighted by Crippen LogP contribution is 2.24. The van der Waals surface area contributed by atoms with Gasteiger partial charge in [0.15, 0.2) is 0 Å². The third-order valence-electron chi connectivity index (χ3n) is 2.87. The van der Waals surface area contributed by atoms with Crippen LogP contribution in [0.5, 0.6) is 0 Å². The van der Waals surface area contributed by atoms with Gasteiger partial charge in [0.05, 0.1) is 6.10 Å². The first kappa shape index (κ1) is 14.9. The lowest BCUT2D eigenvalue weighted by molar-refractivity contribution is 0.0337. The molecule has 2 unspecified atom stereocenters. The highest BCUT2D eigenvalue weighted by molar-refractivity contribution is 5.20. The maximum atomic E-state index is 5.94. The van der Waals surface area contributed by atoms with Gasteiger partial charge >= 0.3 is 0 Å². The fourth-order valence-electron chi connectivity index (χ4n) is 2.19. The summed E-state index contributed by atoms with van der Waals surface area (Å²) in [5.74, 6) is 0. The van der Waals surface area contributed by atoms with Crippen LogP contribution >= 0.6 is 0 Å². The van der Waals surface area contributed by atoms with Gasteiger partial charge in [0.1, 0.15) is 0 Å². The molecule has 1 rings (SSSR count). The van der Waals surface area contributed by atoms with Gasteiger partial charge in [-0.15, -0.1) is 6.58 Å². The van der Waals surface area contributed by atoms with Crippen LogP contribution < -0.4 is 5.32 Å². The molecule has 0 saturated carbocycles. The summed E-state index contributed by atoms with van der Waals surface area (Å²) in [5, 5.41) is 3.51. The lowest BCUT2D eigenvalue weighted by atomic mass is 9.97. The molecule has 2 heteroatoms. The van der Waals surface area contributed by atoms with E-state index in [1.165, 1.54) is 11.1 Å². The van der Waals surface area contributed by atoms with Gasteiger partial charge in [0.2, 0.25) is 0 Å². The summed E-state index contributed by atoms with van der Waals surface area (Å²) in [7, 11) is 0. The number of hydrogen-bond acceptors (Lipinski definition) is 2. The van der Waals surface area contributed by atoms with Gasteiger partial charge in [-0.2, -0.15) is 0 Å². The van der Waals surface area contributed by atoms with Gasteiger partial charge in [0, 0.05) is 12.6 Å². The first-order valence-electron chi connectivity index (χ1n) is 6.73. The Balaban J connectivity index is 2.88. The molecule has 1 aromatic rings. The van der Waals surface area contributed by atoms with Crippen molar-refractivity contribution in [3.8, 4) is 0 Å². The van der Waals surface area contributed by atoms with Gasteiger partial charge in [-0.1, -0.05) is 42.8 Å². The van der Waals surface area contributed by atoms with Gasteiger partial charge in [0.25, 0.3) is 0 Å². The van der Waals surface area contributed by atoms with E-state index in [1.54, 1.807) is 0 Å². The molecule has 0 aliphatic rings. The van der Waals surface area contributed by atoms with Crippen molar-refractivity contribution in [2.24, 2.45) is 0 Å². The molecular formula is C16H25NO. The molecule has 0 aliphatic heterocycles. The second-order valence-corrected chi connectivity index (χ2v) is 4.61. The summed E-state index contributed by atoms with van der Waals surface area (Å²) < 4.78 is 5.94. The second kappa shape index (κ2) is 8.06. The highest BCUT2D eigenvalue weighted by Gasteiger charge is 2.22. The lowest BCUT2D eigenvalue weighted by Crippen LogP contribution is -2.36. The fourth-order valence-corrected chi connectivity index (χ4v) is 2.19. The Morgan fingerprint density at radius 3 is 2.44 bits per heavy atom. The predicted octanol–water partition coefficient (Wildman–Crippen LogP) is 3.71. The quantitative estimate of drug-likeness (QED) is 0.707. The van der Waals surface area contributed by atoms with Gasteiger partial charge < -0.3 is 10.1 Å². The zero-order valence-electron chi connectivity index (χ0n) is 11.8. The van der Waals surface area contributed by atoms with E-state index in [9.17, 15) is 0 Å². The third kappa shape index (κ3) is 4.63. The fraction of sp³-hybridized carbons (Fsp3) is 0.500. The van der Waals surface area contributed by atoms with E-state index in [2.05, 4.69) is 50.0 Å². The van der Waals surface area contributed by atoms with Crippen molar-refractivity contribution in [2.75, 3.05) is 13.2 Å². The van der Waals surface area contributed by atoms with Crippen molar-refractivity contribution in [3.63, 3.8) is 0 Å². The molecule has 0 radical (unpaired) electrons. The zero-order valence-corrected chi connectivity index (χ0v) is 11.8. The number of rotatable bonds is 8. The monoisotopic (exact) mass is 247 g/mol. The molecule has 2 nitrogen and oxygen atoms in total. The van der Waals surface area contributed by atoms with Crippen molar-refractivity contribution in [2.45, 2.75) is 39.3 Å². The number of nitrogens with one attached hydrogen (secondary N) is 1. The van der Waals surface area contributed by atoms with Gasteiger partial charge in [-0.25, -0.2) is 0 Å². The average molecular weight is 247 g/mol. The standard InChI is InChI=1S/C16H25NO/c1-5-17-15(12-13(3)4)16(18-6-2)14-10-8-7-9-11-14/h7-11,15-17H,3,5-6,12H2,1-2,4H3. The molecule has 18 heavy (non-hydrogen) atoms. The van der Waals surface area contributed by atoms with Crippen molar-refractivity contribution in [1.82, 2.24) is 5.32 Å². The minimum absolute atomic E-state index is 0.0906. The van der Waals surface area contributed by atoms with Crippen LogP contribution in [0.1, 0.15) is 38.9 Å². The molecule has 0 bridgehead atoms. The van der Waals surface area contributed by atoms with Crippen molar-refractivity contribution in [3.05, 3.63) is 48.0 Å². The van der Waals surface area contributed by atoms with Crippen molar-refractivity contribution in [1.29, 1.82) is 0 Å². The second-order valence-electron chi connectivity index (χ2n) is 4.61. The van der Waals surface area contributed by atoms with Gasteiger partial charge in [-0.3, -0.25) is 0 Å². The minimum atomic E-state index is 0.0906. The SMILES string of the molecule is C=C(C)CC(NCC)C(OCC)c1ccccc1. The predicted molar refractivity (Wildman–Crippen MR) is 77.7 cm³/mol. The molecule has 0 spiro atoms. The van der Waals surface area contributed by atoms with E-state index >= 15 is 0 Å². The molecule has 0 aromatic heterocycles. The van der Waals surface area contributed by atoms with Crippen molar-refractivity contribution >= 4 is 0 Å². The largest absolute Gasteiger partial charge is 0.372 e. The minimum Gasteiger partial charge on any atom is -0.372 e. The van der Waals surface area contributed by atoms with E-state index in [1.807, 2.05) is 13.0 Å². The molecule has 0 aliphatic carbocycles. The third-order valence-corrected chi connectivity index (χ3v) is 2.87. The Labute approximate surface area is 111 Å². The zero-order chi connectivity index (χ0) is 13.4. The Morgan fingerprint density at radius 1 is 1.28 bits per heavy atom. The molecule has 0 fully saturated rings. The van der Waals surface area contributed by atoms with Crippen LogP contribution in [0.3, 0.4) is 0 Å². The Morgan fingerprint density at radius 2 is 1.94 bits per heavy atom. The van der Waals surface area contributed by atoms with Crippen LogP contribution in [0.2, 0.25) is 0 Å². The number of likely N-dealkylation sites (N-methyl/N-ethyl adjacent to an activating group) is 1. The average Bonchev–Trinajstić information content (AvgIpc) is 2.36. The van der Waals surface area contributed by atoms with E-state index in [-0.39, 0.29) is 12.1 Å². The van der Waals surface area contributed by atoms with E-state index < -0.39 is 0 Å². The number of ether oxygens (including phenoxy) is 1. The van der Waals surface area contributed by atoms with E-state index in [0.717, 1.165) is 19.6 Å². The van der Waals surface area contributed by atoms with Crippen LogP contribution in [-0.2, 0) is 4.74 Å². The Bertz CT molecular complexity index is 347. The van der Waals surface area contributed by atoms with Crippen LogP contribution in [-0.4, -0.2) is 19.2 Å². The highest BCUT2D eigenvalue weighted by atomic mass is 16.5. The first-order valence-corrected chi connectivity index (χ1v) is 6.73. The molecular weight excluding hydrogens is 222 g/mol. The molecule has 0 heterocycles.